The van der Waals surface area contributed by atoms with Crippen LogP contribution in [0.4, 0.5) is 0 Å². The molecule has 0 bridgehead atoms. The van der Waals surface area contributed by atoms with Crippen molar-refractivity contribution >= 4 is 0 Å². The Morgan fingerprint density at radius 1 is 1.22 bits per heavy atom. The van der Waals surface area contributed by atoms with E-state index in [0.717, 1.165) is 48.5 Å². The average Bonchev–Trinajstić information content (AvgIpc) is 2.95. The maximum Gasteiger partial charge on any atom is 0.255 e. The van der Waals surface area contributed by atoms with Gasteiger partial charge in [0.15, 0.2) is 5.82 Å². The lowest BCUT2D eigenvalue weighted by atomic mass is 9.68. The molecule has 1 heterocycles. The van der Waals surface area contributed by atoms with Crippen LogP contribution in [0.2, 0.25) is 0 Å². The van der Waals surface area contributed by atoms with E-state index in [9.17, 15) is 4.79 Å². The minimum Gasteiger partial charge on any atom is -0.334 e. The average molecular weight is 310 g/mol. The summed E-state index contributed by atoms with van der Waals surface area (Å²) in [5, 5.41) is 0. The first-order chi connectivity index (χ1) is 11.1. The molecule has 0 atom stereocenters. The number of rotatable bonds is 2. The Hall–Kier alpha value is -1.94. The van der Waals surface area contributed by atoms with Crippen LogP contribution in [0.25, 0.3) is 11.3 Å². The standard InChI is InChI=1S/C19H23N3O/c1-22(2)12-15-20-17-14-8-4-3-7-13(14)11-19(9-5-6-10-19)16(17)18(23)21-15/h3-4,7-8H,5-6,9-12H2,1-2H3,(H,20,21,23)/p+1. The highest BCUT2D eigenvalue weighted by molar-refractivity contribution is 5.71. The lowest BCUT2D eigenvalue weighted by molar-refractivity contribution is -0.873. The number of hydrogen-bond acceptors (Lipinski definition) is 2. The van der Waals surface area contributed by atoms with Gasteiger partial charge in [0.1, 0.15) is 6.54 Å². The molecule has 1 spiro atoms. The molecule has 1 aromatic heterocycles. The molecular formula is C19H24N3O+. The van der Waals surface area contributed by atoms with Crippen LogP contribution in [-0.4, -0.2) is 24.1 Å². The zero-order valence-corrected chi connectivity index (χ0v) is 13.9. The predicted octanol–water partition coefficient (Wildman–Crippen LogP) is 1.45. The van der Waals surface area contributed by atoms with Crippen LogP contribution in [0, 0.1) is 0 Å². The van der Waals surface area contributed by atoms with Crippen LogP contribution in [0.5, 0.6) is 0 Å². The zero-order chi connectivity index (χ0) is 16.0. The molecule has 2 aliphatic rings. The van der Waals surface area contributed by atoms with Crippen molar-refractivity contribution < 1.29 is 4.90 Å². The number of aromatic nitrogens is 2. The van der Waals surface area contributed by atoms with Crippen molar-refractivity contribution in [3.63, 3.8) is 0 Å². The third-order valence-electron chi connectivity index (χ3n) is 5.38. The molecule has 4 nitrogen and oxygen atoms in total. The van der Waals surface area contributed by atoms with Crippen molar-refractivity contribution in [1.29, 1.82) is 0 Å². The predicted molar refractivity (Wildman–Crippen MR) is 90.7 cm³/mol. The summed E-state index contributed by atoms with van der Waals surface area (Å²) in [5.74, 6) is 0.790. The summed E-state index contributed by atoms with van der Waals surface area (Å²) in [6.07, 6.45) is 5.63. The number of benzene rings is 1. The zero-order valence-electron chi connectivity index (χ0n) is 13.9. The maximum atomic E-state index is 12.9. The van der Waals surface area contributed by atoms with E-state index >= 15 is 0 Å². The van der Waals surface area contributed by atoms with Gasteiger partial charge >= 0.3 is 0 Å². The Labute approximate surface area is 136 Å². The second-order valence-corrected chi connectivity index (χ2v) is 7.44. The molecule has 0 unspecified atom stereocenters. The second-order valence-electron chi connectivity index (χ2n) is 7.44. The Morgan fingerprint density at radius 3 is 2.70 bits per heavy atom. The molecule has 1 aromatic carbocycles. The first kappa shape index (κ1) is 14.6. The van der Waals surface area contributed by atoms with Gasteiger partial charge in [0, 0.05) is 11.0 Å². The summed E-state index contributed by atoms with van der Waals surface area (Å²) in [4.78, 5) is 22.1. The molecule has 4 heteroatoms. The van der Waals surface area contributed by atoms with Gasteiger partial charge in [-0.3, -0.25) is 4.79 Å². The van der Waals surface area contributed by atoms with Crippen molar-refractivity contribution in [1.82, 2.24) is 9.97 Å². The lowest BCUT2D eigenvalue weighted by Crippen LogP contribution is -3.04. The van der Waals surface area contributed by atoms with E-state index in [4.69, 9.17) is 4.98 Å². The summed E-state index contributed by atoms with van der Waals surface area (Å²) in [7, 11) is 4.15. The Bertz CT molecular complexity index is 801. The highest BCUT2D eigenvalue weighted by Crippen LogP contribution is 2.49. The molecule has 4 rings (SSSR count). The molecule has 2 aliphatic carbocycles. The van der Waals surface area contributed by atoms with E-state index in [-0.39, 0.29) is 11.0 Å². The van der Waals surface area contributed by atoms with Gasteiger partial charge in [-0.1, -0.05) is 37.1 Å². The fourth-order valence-electron chi connectivity index (χ4n) is 4.46. The normalized spacial score (nSPS) is 18.2. The number of nitrogens with one attached hydrogen (secondary N) is 2. The summed E-state index contributed by atoms with van der Waals surface area (Å²) < 4.78 is 0. The lowest BCUT2D eigenvalue weighted by Gasteiger charge is -2.35. The quantitative estimate of drug-likeness (QED) is 0.882. The summed E-state index contributed by atoms with van der Waals surface area (Å²) in [5.41, 5.74) is 4.49. The van der Waals surface area contributed by atoms with Gasteiger partial charge in [0.05, 0.1) is 25.4 Å². The van der Waals surface area contributed by atoms with Gasteiger partial charge in [0.2, 0.25) is 0 Å². The Kier molecular flexibility index (Phi) is 3.38. The number of fused-ring (bicyclic) bond motifs is 4. The van der Waals surface area contributed by atoms with Crippen molar-refractivity contribution in [2.24, 2.45) is 0 Å². The van der Waals surface area contributed by atoms with Crippen LogP contribution in [0.3, 0.4) is 0 Å². The first-order valence-electron chi connectivity index (χ1n) is 8.60. The van der Waals surface area contributed by atoms with Crippen LogP contribution >= 0.6 is 0 Å². The molecule has 1 fully saturated rings. The third-order valence-corrected chi connectivity index (χ3v) is 5.38. The van der Waals surface area contributed by atoms with E-state index in [1.807, 2.05) is 0 Å². The number of quaternary nitrogens is 1. The molecule has 0 amide bonds. The van der Waals surface area contributed by atoms with Gasteiger partial charge in [-0.15, -0.1) is 0 Å². The van der Waals surface area contributed by atoms with Crippen molar-refractivity contribution in [3.8, 4) is 11.3 Å². The van der Waals surface area contributed by atoms with Crippen LogP contribution < -0.4 is 10.5 Å². The number of aromatic amines is 1. The topological polar surface area (TPSA) is 50.2 Å². The molecule has 0 radical (unpaired) electrons. The van der Waals surface area contributed by atoms with Gasteiger partial charge < -0.3 is 9.88 Å². The van der Waals surface area contributed by atoms with Gasteiger partial charge in [-0.25, -0.2) is 4.98 Å². The SMILES string of the molecule is C[NH+](C)Cc1nc2c(c(=O)[nH]1)C1(CCCC1)Cc1ccccc1-2. The molecule has 120 valence electrons. The van der Waals surface area contributed by atoms with Crippen LogP contribution in [-0.2, 0) is 18.4 Å². The molecule has 2 aromatic rings. The highest BCUT2D eigenvalue weighted by atomic mass is 16.1. The molecule has 1 saturated carbocycles. The Morgan fingerprint density at radius 2 is 1.96 bits per heavy atom. The first-order valence-corrected chi connectivity index (χ1v) is 8.60. The molecule has 0 saturated heterocycles. The van der Waals surface area contributed by atoms with Gasteiger partial charge in [-0.2, -0.15) is 0 Å². The fourth-order valence-corrected chi connectivity index (χ4v) is 4.46. The summed E-state index contributed by atoms with van der Waals surface area (Å²) >= 11 is 0. The molecular weight excluding hydrogens is 286 g/mol. The minimum atomic E-state index is 0.00771. The monoisotopic (exact) mass is 310 g/mol. The van der Waals surface area contributed by atoms with Crippen molar-refractivity contribution in [3.05, 3.63) is 51.6 Å². The van der Waals surface area contributed by atoms with E-state index in [2.05, 4.69) is 43.3 Å². The molecule has 23 heavy (non-hydrogen) atoms. The van der Waals surface area contributed by atoms with Gasteiger partial charge in [-0.05, 0) is 24.8 Å². The smallest absolute Gasteiger partial charge is 0.255 e. The van der Waals surface area contributed by atoms with E-state index in [1.54, 1.807) is 0 Å². The van der Waals surface area contributed by atoms with E-state index in [1.165, 1.54) is 23.3 Å². The highest BCUT2D eigenvalue weighted by Gasteiger charge is 2.43. The summed E-state index contributed by atoms with van der Waals surface area (Å²) in [6, 6.07) is 8.48. The molecule has 0 aliphatic heterocycles. The Balaban J connectivity index is 1.97. The van der Waals surface area contributed by atoms with Crippen LogP contribution in [0.15, 0.2) is 29.1 Å². The third kappa shape index (κ3) is 2.32. The minimum absolute atomic E-state index is 0.00771. The van der Waals surface area contributed by atoms with Crippen molar-refractivity contribution in [2.75, 3.05) is 14.1 Å². The fraction of sp³-hybridized carbons (Fsp3) is 0.474. The van der Waals surface area contributed by atoms with E-state index < -0.39 is 0 Å². The summed E-state index contributed by atoms with van der Waals surface area (Å²) in [6.45, 7) is 0.734. The van der Waals surface area contributed by atoms with Gasteiger partial charge in [0.25, 0.3) is 5.56 Å². The van der Waals surface area contributed by atoms with Crippen LogP contribution in [0.1, 0.15) is 42.6 Å². The van der Waals surface area contributed by atoms with E-state index in [0.29, 0.717) is 0 Å². The number of nitrogens with zero attached hydrogens (tertiary/aromatic N) is 1. The second kappa shape index (κ2) is 5.31. The largest absolute Gasteiger partial charge is 0.334 e. The molecule has 2 N–H and O–H groups in total. The van der Waals surface area contributed by atoms with Crippen molar-refractivity contribution in [2.45, 2.75) is 44.1 Å². The number of H-pyrrole nitrogens is 1. The maximum absolute atomic E-state index is 12.9. The number of hydrogen-bond donors (Lipinski definition) is 2.